The van der Waals surface area contributed by atoms with Gasteiger partial charge in [-0.1, -0.05) is 25.0 Å². The number of likely N-dealkylation sites (N-methyl/N-ethyl adjacent to an activating group) is 1. The predicted molar refractivity (Wildman–Crippen MR) is 118 cm³/mol. The fourth-order valence-electron chi connectivity index (χ4n) is 5.15. The Morgan fingerprint density at radius 2 is 1.84 bits per heavy atom. The number of Topliss-reactive ketones (excluding diaryl/α,β-unsaturated/α-hetero) is 1. The van der Waals surface area contributed by atoms with Crippen molar-refractivity contribution in [1.29, 1.82) is 0 Å². The summed E-state index contributed by atoms with van der Waals surface area (Å²) in [5, 5.41) is 10.8. The SMILES string of the molecule is CCN1C(=O)C(C(=O)CN2CCCCC2C2CCC2)=C(N)N(Cc2ccc(F)cc2)C1O. The van der Waals surface area contributed by atoms with Gasteiger partial charge in [0.1, 0.15) is 17.2 Å². The molecule has 32 heavy (non-hydrogen) atoms. The van der Waals surface area contributed by atoms with E-state index in [2.05, 4.69) is 4.90 Å². The summed E-state index contributed by atoms with van der Waals surface area (Å²) < 4.78 is 13.3. The van der Waals surface area contributed by atoms with E-state index in [0.717, 1.165) is 19.4 Å². The second-order valence-corrected chi connectivity index (χ2v) is 9.10. The molecule has 1 aliphatic carbocycles. The molecule has 2 atom stereocenters. The Balaban J connectivity index is 1.58. The van der Waals surface area contributed by atoms with E-state index in [4.69, 9.17) is 5.73 Å². The van der Waals surface area contributed by atoms with Crippen molar-refractivity contribution < 1.29 is 19.1 Å². The number of amides is 1. The third kappa shape index (κ3) is 4.38. The van der Waals surface area contributed by atoms with E-state index in [1.807, 2.05) is 0 Å². The number of halogens is 1. The van der Waals surface area contributed by atoms with Crippen LogP contribution in [0.1, 0.15) is 51.0 Å². The summed E-state index contributed by atoms with van der Waals surface area (Å²) in [7, 11) is 0. The fraction of sp³-hybridized carbons (Fsp3) is 0.583. The average molecular weight is 445 g/mol. The number of carbonyl (C=O) groups is 2. The summed E-state index contributed by atoms with van der Waals surface area (Å²) in [6, 6.07) is 6.25. The summed E-state index contributed by atoms with van der Waals surface area (Å²) in [6.45, 7) is 3.16. The number of hydrogen-bond acceptors (Lipinski definition) is 6. The standard InChI is InChI=1S/C24H33FN4O3/c1-2-28-23(31)21(20(30)15-27-13-4-3-8-19(27)17-6-5-7-17)22(26)29(24(28)32)14-16-9-11-18(25)12-10-16/h9-12,17,19,24,32H,2-8,13-15,26H2,1H3. The zero-order chi connectivity index (χ0) is 22.8. The molecule has 2 unspecified atom stereocenters. The molecule has 1 saturated heterocycles. The number of piperidine rings is 1. The number of nitrogens with two attached hydrogens (primary N) is 1. The van der Waals surface area contributed by atoms with Gasteiger partial charge in [-0.05, 0) is 62.8 Å². The normalized spacial score (nSPS) is 25.3. The molecule has 4 rings (SSSR count). The maximum atomic E-state index is 13.4. The van der Waals surface area contributed by atoms with Crippen molar-refractivity contribution in [2.24, 2.45) is 11.7 Å². The Bertz CT molecular complexity index is 884. The Labute approximate surface area is 188 Å². The van der Waals surface area contributed by atoms with Crippen molar-refractivity contribution >= 4 is 11.7 Å². The number of benzene rings is 1. The van der Waals surface area contributed by atoms with E-state index < -0.39 is 12.3 Å². The lowest BCUT2D eigenvalue weighted by Crippen LogP contribution is -2.58. The highest BCUT2D eigenvalue weighted by Crippen LogP contribution is 2.36. The molecule has 1 saturated carbocycles. The second-order valence-electron chi connectivity index (χ2n) is 9.10. The number of carbonyl (C=O) groups excluding carboxylic acids is 2. The van der Waals surface area contributed by atoms with Gasteiger partial charge in [0.2, 0.25) is 6.35 Å². The van der Waals surface area contributed by atoms with Crippen LogP contribution in [-0.4, -0.2) is 63.5 Å². The molecule has 7 nitrogen and oxygen atoms in total. The van der Waals surface area contributed by atoms with Gasteiger partial charge in [0.15, 0.2) is 5.78 Å². The van der Waals surface area contributed by atoms with E-state index >= 15 is 0 Å². The first kappa shape index (κ1) is 22.7. The van der Waals surface area contributed by atoms with Crippen LogP contribution in [0.25, 0.3) is 0 Å². The van der Waals surface area contributed by atoms with E-state index in [9.17, 15) is 19.1 Å². The first-order valence-corrected chi connectivity index (χ1v) is 11.7. The van der Waals surface area contributed by atoms with Crippen molar-refractivity contribution in [3.05, 3.63) is 47.0 Å². The molecular weight excluding hydrogens is 411 g/mol. The second kappa shape index (κ2) is 9.58. The number of ketones is 1. The van der Waals surface area contributed by atoms with Gasteiger partial charge < -0.3 is 15.7 Å². The van der Waals surface area contributed by atoms with Gasteiger partial charge in [-0.2, -0.15) is 0 Å². The highest BCUT2D eigenvalue weighted by molar-refractivity contribution is 6.20. The van der Waals surface area contributed by atoms with Gasteiger partial charge >= 0.3 is 0 Å². The van der Waals surface area contributed by atoms with Crippen molar-refractivity contribution in [1.82, 2.24) is 14.7 Å². The Morgan fingerprint density at radius 3 is 2.47 bits per heavy atom. The number of aliphatic hydroxyl groups excluding tert-OH is 1. The largest absolute Gasteiger partial charge is 0.384 e. The van der Waals surface area contributed by atoms with Crippen LogP contribution in [0.2, 0.25) is 0 Å². The first-order chi connectivity index (χ1) is 15.4. The molecule has 0 radical (unpaired) electrons. The van der Waals surface area contributed by atoms with Crippen LogP contribution in [0.3, 0.4) is 0 Å². The van der Waals surface area contributed by atoms with Crippen LogP contribution in [0, 0.1) is 11.7 Å². The molecule has 0 bridgehead atoms. The first-order valence-electron chi connectivity index (χ1n) is 11.7. The summed E-state index contributed by atoms with van der Waals surface area (Å²) >= 11 is 0. The van der Waals surface area contributed by atoms with Gasteiger partial charge in [-0.15, -0.1) is 0 Å². The minimum atomic E-state index is -1.29. The zero-order valence-electron chi connectivity index (χ0n) is 18.7. The fourth-order valence-corrected chi connectivity index (χ4v) is 5.15. The van der Waals surface area contributed by atoms with Crippen LogP contribution >= 0.6 is 0 Å². The zero-order valence-corrected chi connectivity index (χ0v) is 18.7. The minimum absolute atomic E-state index is 0.0151. The van der Waals surface area contributed by atoms with Crippen LogP contribution < -0.4 is 5.73 Å². The number of rotatable bonds is 7. The van der Waals surface area contributed by atoms with Gasteiger partial charge in [0.05, 0.1) is 6.54 Å². The molecule has 3 aliphatic rings. The third-order valence-electron chi connectivity index (χ3n) is 7.19. The lowest BCUT2D eigenvalue weighted by molar-refractivity contribution is -0.158. The highest BCUT2D eigenvalue weighted by Gasteiger charge is 2.41. The maximum absolute atomic E-state index is 13.4. The molecule has 0 spiro atoms. The van der Waals surface area contributed by atoms with Crippen LogP contribution in [0.5, 0.6) is 0 Å². The topological polar surface area (TPSA) is 90.1 Å². The molecule has 1 amide bonds. The van der Waals surface area contributed by atoms with Crippen molar-refractivity contribution in [3.8, 4) is 0 Å². The van der Waals surface area contributed by atoms with Gasteiger partial charge in [-0.3, -0.25) is 19.4 Å². The molecule has 1 aromatic carbocycles. The molecule has 1 aromatic rings. The summed E-state index contributed by atoms with van der Waals surface area (Å²) in [5.74, 6) is -0.567. The molecule has 2 fully saturated rings. The lowest BCUT2D eigenvalue weighted by atomic mass is 9.76. The summed E-state index contributed by atoms with van der Waals surface area (Å²) in [6.07, 6.45) is 5.71. The van der Waals surface area contributed by atoms with Crippen molar-refractivity contribution in [3.63, 3.8) is 0 Å². The minimum Gasteiger partial charge on any atom is -0.384 e. The number of aliphatic hydroxyl groups is 1. The van der Waals surface area contributed by atoms with E-state index in [1.165, 1.54) is 47.6 Å². The van der Waals surface area contributed by atoms with Crippen LogP contribution in [0.4, 0.5) is 4.39 Å². The summed E-state index contributed by atoms with van der Waals surface area (Å²) in [4.78, 5) is 31.4. The Hall–Kier alpha value is -2.45. The molecule has 174 valence electrons. The molecular formula is C24H33FN4O3. The quantitative estimate of drug-likeness (QED) is 0.627. The van der Waals surface area contributed by atoms with E-state index in [-0.39, 0.29) is 42.6 Å². The van der Waals surface area contributed by atoms with Crippen molar-refractivity contribution in [2.45, 2.75) is 64.4 Å². The Morgan fingerprint density at radius 1 is 1.12 bits per heavy atom. The Kier molecular flexibility index (Phi) is 6.81. The molecule has 8 heteroatoms. The van der Waals surface area contributed by atoms with Gasteiger partial charge in [0.25, 0.3) is 5.91 Å². The van der Waals surface area contributed by atoms with Crippen LogP contribution in [0.15, 0.2) is 35.7 Å². The highest BCUT2D eigenvalue weighted by atomic mass is 19.1. The smallest absolute Gasteiger partial charge is 0.264 e. The number of nitrogens with zero attached hydrogens (tertiary/aromatic N) is 3. The monoisotopic (exact) mass is 444 g/mol. The molecule has 2 heterocycles. The molecule has 3 N–H and O–H groups in total. The summed E-state index contributed by atoms with van der Waals surface area (Å²) in [5.41, 5.74) is 6.98. The molecule has 2 aliphatic heterocycles. The number of hydrogen-bond donors (Lipinski definition) is 2. The third-order valence-corrected chi connectivity index (χ3v) is 7.19. The number of likely N-dealkylation sites (tertiary alicyclic amines) is 1. The lowest BCUT2D eigenvalue weighted by Gasteiger charge is -2.44. The average Bonchev–Trinajstić information content (AvgIpc) is 2.73. The van der Waals surface area contributed by atoms with Crippen molar-refractivity contribution in [2.75, 3.05) is 19.6 Å². The van der Waals surface area contributed by atoms with Gasteiger partial charge in [-0.25, -0.2) is 4.39 Å². The van der Waals surface area contributed by atoms with Crippen LogP contribution in [-0.2, 0) is 16.1 Å². The van der Waals surface area contributed by atoms with Gasteiger partial charge in [0, 0.05) is 19.1 Å². The van der Waals surface area contributed by atoms with E-state index in [0.29, 0.717) is 17.5 Å². The predicted octanol–water partition coefficient (Wildman–Crippen LogP) is 2.16. The maximum Gasteiger partial charge on any atom is 0.264 e. The molecule has 0 aromatic heterocycles. The van der Waals surface area contributed by atoms with E-state index in [1.54, 1.807) is 19.1 Å².